The highest BCUT2D eigenvalue weighted by Crippen LogP contribution is 2.22. The number of nitrogens with one attached hydrogen (secondary N) is 2. The molecule has 0 saturated heterocycles. The Labute approximate surface area is 128 Å². The largest absolute Gasteiger partial charge is 0.460 e. The number of carbonyl (C=O) groups is 1. The molecule has 2 N–H and O–H groups in total. The lowest BCUT2D eigenvalue weighted by atomic mass is 10.2. The van der Waals surface area contributed by atoms with Crippen molar-refractivity contribution in [3.63, 3.8) is 0 Å². The Balaban J connectivity index is 1.85. The molecule has 2 aromatic rings. The lowest BCUT2D eigenvalue weighted by Crippen LogP contribution is -2.40. The molecule has 0 unspecified atom stereocenters. The lowest BCUT2D eigenvalue weighted by molar-refractivity contribution is 0.0496. The maximum atomic E-state index is 12.9. The third-order valence-corrected chi connectivity index (χ3v) is 2.64. The van der Waals surface area contributed by atoms with Crippen LogP contribution in [0.3, 0.4) is 0 Å². The van der Waals surface area contributed by atoms with Gasteiger partial charge in [0.05, 0.1) is 6.54 Å². The van der Waals surface area contributed by atoms with Gasteiger partial charge in [-0.3, -0.25) is 5.43 Å². The van der Waals surface area contributed by atoms with Crippen molar-refractivity contribution >= 4 is 6.09 Å². The number of carbonyl (C=O) groups excluding carboxylic acids is 1. The van der Waals surface area contributed by atoms with Crippen LogP contribution < -0.4 is 10.9 Å². The van der Waals surface area contributed by atoms with E-state index in [1.54, 1.807) is 45.0 Å². The number of ether oxygens (including phenoxy) is 1. The molecule has 0 atom stereocenters. The molecule has 0 aliphatic rings. The predicted octanol–water partition coefficient (Wildman–Crippen LogP) is 3.62. The van der Waals surface area contributed by atoms with Crippen LogP contribution in [-0.2, 0) is 11.3 Å². The topological polar surface area (TPSA) is 63.5 Å². The van der Waals surface area contributed by atoms with Crippen molar-refractivity contribution in [1.29, 1.82) is 0 Å². The zero-order valence-corrected chi connectivity index (χ0v) is 12.8. The first kappa shape index (κ1) is 16.0. The van der Waals surface area contributed by atoms with Crippen LogP contribution in [0.5, 0.6) is 0 Å². The number of hydrogen-bond acceptors (Lipinski definition) is 4. The monoisotopic (exact) mass is 306 g/mol. The summed E-state index contributed by atoms with van der Waals surface area (Å²) in [5, 5.41) is 0. The fourth-order valence-corrected chi connectivity index (χ4v) is 1.75. The Kier molecular flexibility index (Phi) is 4.82. The minimum absolute atomic E-state index is 0.293. The Hall–Kier alpha value is -2.34. The van der Waals surface area contributed by atoms with Gasteiger partial charge in [0.15, 0.2) is 0 Å². The quantitative estimate of drug-likeness (QED) is 0.847. The number of furan rings is 1. The van der Waals surface area contributed by atoms with Gasteiger partial charge in [-0.05, 0) is 57.2 Å². The van der Waals surface area contributed by atoms with E-state index in [1.165, 1.54) is 12.1 Å². The molecule has 0 fully saturated rings. The average molecular weight is 306 g/mol. The van der Waals surface area contributed by atoms with Crippen molar-refractivity contribution in [2.75, 3.05) is 0 Å². The number of rotatable bonds is 4. The van der Waals surface area contributed by atoms with Gasteiger partial charge in [0, 0.05) is 5.56 Å². The van der Waals surface area contributed by atoms with E-state index < -0.39 is 11.7 Å². The summed E-state index contributed by atoms with van der Waals surface area (Å²) in [4.78, 5) is 11.4. The highest BCUT2D eigenvalue weighted by Gasteiger charge is 2.15. The van der Waals surface area contributed by atoms with Gasteiger partial charge in [-0.15, -0.1) is 0 Å². The second-order valence-corrected chi connectivity index (χ2v) is 5.75. The molecule has 0 spiro atoms. The molecule has 118 valence electrons. The number of amides is 1. The SMILES string of the molecule is CC(C)(C)OC(=O)NNCc1ccc(-c2ccc(F)cc2)o1. The highest BCUT2D eigenvalue weighted by atomic mass is 19.1. The van der Waals surface area contributed by atoms with E-state index in [2.05, 4.69) is 10.9 Å². The molecule has 1 aromatic carbocycles. The minimum Gasteiger partial charge on any atom is -0.460 e. The lowest BCUT2D eigenvalue weighted by Gasteiger charge is -2.19. The summed E-state index contributed by atoms with van der Waals surface area (Å²) in [6.07, 6.45) is -0.558. The molecule has 0 bridgehead atoms. The molecule has 6 heteroatoms. The van der Waals surface area contributed by atoms with E-state index in [0.717, 1.165) is 5.56 Å². The maximum Gasteiger partial charge on any atom is 0.422 e. The number of halogens is 1. The summed E-state index contributed by atoms with van der Waals surface area (Å²) in [6, 6.07) is 9.61. The Morgan fingerprint density at radius 3 is 2.50 bits per heavy atom. The Bertz CT molecular complexity index is 630. The average Bonchev–Trinajstić information content (AvgIpc) is 2.86. The Morgan fingerprint density at radius 1 is 1.18 bits per heavy atom. The highest BCUT2D eigenvalue weighted by molar-refractivity contribution is 5.67. The van der Waals surface area contributed by atoms with E-state index in [0.29, 0.717) is 18.1 Å². The molecule has 22 heavy (non-hydrogen) atoms. The first-order valence-corrected chi connectivity index (χ1v) is 6.90. The molecule has 0 saturated carbocycles. The van der Waals surface area contributed by atoms with Crippen LogP contribution >= 0.6 is 0 Å². The van der Waals surface area contributed by atoms with Crippen LogP contribution in [-0.4, -0.2) is 11.7 Å². The predicted molar refractivity (Wildman–Crippen MR) is 80.3 cm³/mol. The van der Waals surface area contributed by atoms with Gasteiger partial charge in [-0.25, -0.2) is 14.6 Å². The van der Waals surface area contributed by atoms with Crippen molar-refractivity contribution in [3.05, 3.63) is 48.0 Å². The van der Waals surface area contributed by atoms with Crippen molar-refractivity contribution in [2.24, 2.45) is 0 Å². The number of hydrogen-bond donors (Lipinski definition) is 2. The fourth-order valence-electron chi connectivity index (χ4n) is 1.75. The second-order valence-electron chi connectivity index (χ2n) is 5.75. The Morgan fingerprint density at radius 2 is 1.86 bits per heavy atom. The summed E-state index contributed by atoms with van der Waals surface area (Å²) < 4.78 is 23.6. The van der Waals surface area contributed by atoms with E-state index in [9.17, 15) is 9.18 Å². The molecule has 0 radical (unpaired) electrons. The normalized spacial score (nSPS) is 11.3. The van der Waals surface area contributed by atoms with Gasteiger partial charge in [0.1, 0.15) is 22.9 Å². The minimum atomic E-state index is -0.558. The standard InChI is InChI=1S/C16H19FN2O3/c1-16(2,3)22-15(20)19-18-10-13-8-9-14(21-13)11-4-6-12(17)7-5-11/h4-9,18H,10H2,1-3H3,(H,19,20). The fraction of sp³-hybridized carbons (Fsp3) is 0.312. The molecular weight excluding hydrogens is 287 g/mol. The summed E-state index contributed by atoms with van der Waals surface area (Å²) in [6.45, 7) is 5.66. The third-order valence-electron chi connectivity index (χ3n) is 2.64. The summed E-state index contributed by atoms with van der Waals surface area (Å²) in [5.41, 5.74) is 5.38. The second kappa shape index (κ2) is 6.62. The molecule has 2 rings (SSSR count). The summed E-state index contributed by atoms with van der Waals surface area (Å²) in [7, 11) is 0. The molecule has 1 aromatic heterocycles. The molecular formula is C16H19FN2O3. The molecule has 5 nitrogen and oxygen atoms in total. The molecule has 0 aliphatic heterocycles. The van der Waals surface area contributed by atoms with Crippen molar-refractivity contribution in [3.8, 4) is 11.3 Å². The van der Waals surface area contributed by atoms with Crippen LogP contribution in [0.1, 0.15) is 26.5 Å². The zero-order chi connectivity index (χ0) is 16.2. The molecule has 1 amide bonds. The van der Waals surface area contributed by atoms with Crippen LogP contribution in [0.15, 0.2) is 40.8 Å². The van der Waals surface area contributed by atoms with E-state index in [1.807, 2.05) is 0 Å². The number of benzene rings is 1. The maximum absolute atomic E-state index is 12.9. The van der Waals surface area contributed by atoms with Crippen molar-refractivity contribution in [1.82, 2.24) is 10.9 Å². The van der Waals surface area contributed by atoms with Gasteiger partial charge < -0.3 is 9.15 Å². The molecule has 1 heterocycles. The van der Waals surface area contributed by atoms with Crippen LogP contribution in [0.2, 0.25) is 0 Å². The van der Waals surface area contributed by atoms with Gasteiger partial charge in [-0.1, -0.05) is 0 Å². The van der Waals surface area contributed by atoms with Gasteiger partial charge in [0.2, 0.25) is 0 Å². The first-order valence-electron chi connectivity index (χ1n) is 6.90. The smallest absolute Gasteiger partial charge is 0.422 e. The van der Waals surface area contributed by atoms with Gasteiger partial charge in [-0.2, -0.15) is 0 Å². The number of hydrazine groups is 1. The zero-order valence-electron chi connectivity index (χ0n) is 12.8. The first-order chi connectivity index (χ1) is 10.3. The third kappa shape index (κ3) is 4.89. The van der Waals surface area contributed by atoms with Gasteiger partial charge in [0.25, 0.3) is 0 Å². The van der Waals surface area contributed by atoms with Gasteiger partial charge >= 0.3 is 6.09 Å². The van der Waals surface area contributed by atoms with Crippen molar-refractivity contribution in [2.45, 2.75) is 32.9 Å². The van der Waals surface area contributed by atoms with E-state index in [4.69, 9.17) is 9.15 Å². The molecule has 0 aliphatic carbocycles. The van der Waals surface area contributed by atoms with Crippen LogP contribution in [0.4, 0.5) is 9.18 Å². The summed E-state index contributed by atoms with van der Waals surface area (Å²) in [5.74, 6) is 0.975. The van der Waals surface area contributed by atoms with E-state index in [-0.39, 0.29) is 5.82 Å². The van der Waals surface area contributed by atoms with Crippen LogP contribution in [0.25, 0.3) is 11.3 Å². The van der Waals surface area contributed by atoms with E-state index >= 15 is 0 Å². The van der Waals surface area contributed by atoms with Crippen LogP contribution in [0, 0.1) is 5.82 Å². The van der Waals surface area contributed by atoms with Crippen molar-refractivity contribution < 1.29 is 18.3 Å². The summed E-state index contributed by atoms with van der Waals surface area (Å²) >= 11 is 0.